The zero-order valence-corrected chi connectivity index (χ0v) is 15.2. The highest BCUT2D eigenvalue weighted by atomic mass is 16.5. The SMILES string of the molecule is CCN(CC)Cc1cccc(CNC(=O)C2(OC)CCNCC2)c1. The third-order valence-electron chi connectivity index (χ3n) is 4.96. The fourth-order valence-electron chi connectivity index (χ4n) is 3.24. The molecule has 1 aliphatic heterocycles. The van der Waals surface area contributed by atoms with Crippen LogP contribution in [0.2, 0.25) is 0 Å². The third kappa shape index (κ3) is 4.79. The topological polar surface area (TPSA) is 53.6 Å². The molecule has 5 heteroatoms. The van der Waals surface area contributed by atoms with Gasteiger partial charge in [0.1, 0.15) is 5.60 Å². The van der Waals surface area contributed by atoms with Gasteiger partial charge in [-0.25, -0.2) is 0 Å². The zero-order valence-electron chi connectivity index (χ0n) is 15.2. The summed E-state index contributed by atoms with van der Waals surface area (Å²) in [5, 5.41) is 6.34. The van der Waals surface area contributed by atoms with Crippen molar-refractivity contribution in [3.05, 3.63) is 35.4 Å². The Bertz CT molecular complexity index is 523. The van der Waals surface area contributed by atoms with Crippen LogP contribution >= 0.6 is 0 Å². The molecule has 0 saturated carbocycles. The number of benzene rings is 1. The van der Waals surface area contributed by atoms with Gasteiger partial charge < -0.3 is 15.4 Å². The molecule has 0 radical (unpaired) electrons. The smallest absolute Gasteiger partial charge is 0.252 e. The Labute approximate surface area is 145 Å². The molecule has 1 aromatic carbocycles. The highest BCUT2D eigenvalue weighted by molar-refractivity contribution is 5.85. The van der Waals surface area contributed by atoms with Gasteiger partial charge in [-0.1, -0.05) is 38.1 Å². The monoisotopic (exact) mass is 333 g/mol. The molecule has 24 heavy (non-hydrogen) atoms. The first kappa shape index (κ1) is 18.9. The molecule has 0 atom stereocenters. The molecule has 0 aliphatic carbocycles. The van der Waals surface area contributed by atoms with Crippen LogP contribution in [-0.2, 0) is 22.6 Å². The first-order valence-electron chi connectivity index (χ1n) is 8.98. The fourth-order valence-corrected chi connectivity index (χ4v) is 3.24. The molecule has 0 bridgehead atoms. The molecule has 1 fully saturated rings. The van der Waals surface area contributed by atoms with Crippen molar-refractivity contribution in [3.8, 4) is 0 Å². The van der Waals surface area contributed by atoms with Crippen LogP contribution in [0, 0.1) is 0 Å². The molecule has 0 spiro atoms. The molecule has 2 rings (SSSR count). The number of carbonyl (C=O) groups is 1. The molecule has 0 unspecified atom stereocenters. The maximum atomic E-state index is 12.6. The van der Waals surface area contributed by atoms with E-state index in [1.807, 2.05) is 0 Å². The fraction of sp³-hybridized carbons (Fsp3) is 0.632. The van der Waals surface area contributed by atoms with E-state index in [9.17, 15) is 4.79 Å². The molecule has 0 aromatic heterocycles. The predicted octanol–water partition coefficient (Wildman–Crippen LogP) is 1.91. The van der Waals surface area contributed by atoms with E-state index in [-0.39, 0.29) is 5.91 Å². The average molecular weight is 333 g/mol. The van der Waals surface area contributed by atoms with Crippen LogP contribution in [0.5, 0.6) is 0 Å². The van der Waals surface area contributed by atoms with E-state index in [1.165, 1.54) is 5.56 Å². The first-order chi connectivity index (χ1) is 11.6. The lowest BCUT2D eigenvalue weighted by Crippen LogP contribution is -2.53. The number of piperidine rings is 1. The van der Waals surface area contributed by atoms with Crippen LogP contribution in [-0.4, -0.2) is 49.7 Å². The summed E-state index contributed by atoms with van der Waals surface area (Å²) >= 11 is 0. The third-order valence-corrected chi connectivity index (χ3v) is 4.96. The van der Waals surface area contributed by atoms with Crippen molar-refractivity contribution in [2.24, 2.45) is 0 Å². The number of hydrogen-bond acceptors (Lipinski definition) is 4. The molecule has 1 aliphatic rings. The van der Waals surface area contributed by atoms with Gasteiger partial charge in [0.05, 0.1) is 0 Å². The number of hydrogen-bond donors (Lipinski definition) is 2. The number of rotatable bonds is 8. The van der Waals surface area contributed by atoms with Gasteiger partial charge in [-0.3, -0.25) is 9.69 Å². The Kier molecular flexibility index (Phi) is 7.21. The largest absolute Gasteiger partial charge is 0.368 e. The van der Waals surface area contributed by atoms with Gasteiger partial charge in [0, 0.05) is 20.2 Å². The van der Waals surface area contributed by atoms with Crippen molar-refractivity contribution in [3.63, 3.8) is 0 Å². The minimum absolute atomic E-state index is 0.000598. The summed E-state index contributed by atoms with van der Waals surface area (Å²) in [5.41, 5.74) is 1.74. The number of carbonyl (C=O) groups excluding carboxylic acids is 1. The maximum absolute atomic E-state index is 12.6. The van der Waals surface area contributed by atoms with Crippen molar-refractivity contribution in [1.82, 2.24) is 15.5 Å². The van der Waals surface area contributed by atoms with Gasteiger partial charge in [-0.05, 0) is 50.1 Å². The molecular formula is C19H31N3O2. The maximum Gasteiger partial charge on any atom is 0.252 e. The van der Waals surface area contributed by atoms with Gasteiger partial charge in [-0.15, -0.1) is 0 Å². The van der Waals surface area contributed by atoms with Crippen LogP contribution in [0.15, 0.2) is 24.3 Å². The predicted molar refractivity (Wildman–Crippen MR) is 96.8 cm³/mol. The molecule has 5 nitrogen and oxygen atoms in total. The van der Waals surface area contributed by atoms with E-state index in [0.717, 1.165) is 51.1 Å². The van der Waals surface area contributed by atoms with Gasteiger partial charge >= 0.3 is 0 Å². The lowest BCUT2D eigenvalue weighted by Gasteiger charge is -2.34. The quantitative estimate of drug-likeness (QED) is 0.763. The number of nitrogens with zero attached hydrogens (tertiary/aromatic N) is 1. The van der Waals surface area contributed by atoms with E-state index in [4.69, 9.17) is 4.74 Å². The van der Waals surface area contributed by atoms with Crippen molar-refractivity contribution in [2.75, 3.05) is 33.3 Å². The van der Waals surface area contributed by atoms with Crippen LogP contribution in [0.4, 0.5) is 0 Å². The van der Waals surface area contributed by atoms with Crippen molar-refractivity contribution < 1.29 is 9.53 Å². The molecule has 1 heterocycles. The van der Waals surface area contributed by atoms with Gasteiger partial charge in [0.2, 0.25) is 0 Å². The number of nitrogens with one attached hydrogen (secondary N) is 2. The normalized spacial score (nSPS) is 17.0. The lowest BCUT2D eigenvalue weighted by molar-refractivity contribution is -0.146. The van der Waals surface area contributed by atoms with Gasteiger partial charge in [-0.2, -0.15) is 0 Å². The van der Waals surface area contributed by atoms with Crippen LogP contribution < -0.4 is 10.6 Å². The summed E-state index contributed by atoms with van der Waals surface area (Å²) in [5.74, 6) is 0.000598. The Morgan fingerprint density at radius 1 is 1.25 bits per heavy atom. The summed E-state index contributed by atoms with van der Waals surface area (Å²) in [4.78, 5) is 15.0. The van der Waals surface area contributed by atoms with E-state index < -0.39 is 5.60 Å². The summed E-state index contributed by atoms with van der Waals surface area (Å²) in [7, 11) is 1.63. The minimum atomic E-state index is -0.677. The van der Waals surface area contributed by atoms with Gasteiger partial charge in [0.25, 0.3) is 5.91 Å². The number of methoxy groups -OCH3 is 1. The van der Waals surface area contributed by atoms with Crippen LogP contribution in [0.3, 0.4) is 0 Å². The molecular weight excluding hydrogens is 302 g/mol. The van der Waals surface area contributed by atoms with Crippen molar-refractivity contribution in [2.45, 2.75) is 45.4 Å². The molecule has 1 amide bonds. The summed E-state index contributed by atoms with van der Waals surface area (Å²) in [6.07, 6.45) is 1.44. The first-order valence-corrected chi connectivity index (χ1v) is 8.98. The van der Waals surface area contributed by atoms with Gasteiger partial charge in [0.15, 0.2) is 0 Å². The molecule has 1 saturated heterocycles. The highest BCUT2D eigenvalue weighted by Gasteiger charge is 2.39. The van der Waals surface area contributed by atoms with E-state index >= 15 is 0 Å². The van der Waals surface area contributed by atoms with Crippen molar-refractivity contribution in [1.29, 1.82) is 0 Å². The standard InChI is InChI=1S/C19H31N3O2/c1-4-22(5-2)15-17-8-6-7-16(13-17)14-21-18(23)19(24-3)9-11-20-12-10-19/h6-8,13,20H,4-5,9-12,14-15H2,1-3H3,(H,21,23). The summed E-state index contributed by atoms with van der Waals surface area (Å²) < 4.78 is 5.58. The second-order valence-corrected chi connectivity index (χ2v) is 6.41. The molecule has 1 aromatic rings. The van der Waals surface area contributed by atoms with E-state index in [1.54, 1.807) is 7.11 Å². The van der Waals surface area contributed by atoms with E-state index in [0.29, 0.717) is 6.54 Å². The van der Waals surface area contributed by atoms with E-state index in [2.05, 4.69) is 53.6 Å². The summed E-state index contributed by atoms with van der Waals surface area (Å²) in [6.45, 7) is 9.57. The molecule has 2 N–H and O–H groups in total. The Morgan fingerprint density at radius 2 is 1.92 bits per heavy atom. The summed E-state index contributed by atoms with van der Waals surface area (Å²) in [6, 6.07) is 8.46. The molecule has 134 valence electrons. The highest BCUT2D eigenvalue weighted by Crippen LogP contribution is 2.22. The number of amides is 1. The Hall–Kier alpha value is -1.43. The van der Waals surface area contributed by atoms with Crippen LogP contribution in [0.1, 0.15) is 37.8 Å². The van der Waals surface area contributed by atoms with Crippen molar-refractivity contribution >= 4 is 5.91 Å². The van der Waals surface area contributed by atoms with Crippen LogP contribution in [0.25, 0.3) is 0 Å². The Morgan fingerprint density at radius 3 is 2.54 bits per heavy atom. The average Bonchev–Trinajstić information content (AvgIpc) is 2.65. The lowest BCUT2D eigenvalue weighted by atomic mass is 9.91. The second kappa shape index (κ2) is 9.16. The zero-order chi connectivity index (χ0) is 17.4. The minimum Gasteiger partial charge on any atom is -0.368 e. The Balaban J connectivity index is 1.95. The number of ether oxygens (including phenoxy) is 1. The second-order valence-electron chi connectivity index (χ2n) is 6.41.